The van der Waals surface area contributed by atoms with E-state index in [0.717, 1.165) is 0 Å². The van der Waals surface area contributed by atoms with E-state index in [4.69, 9.17) is 18.1 Å². The molecule has 0 spiro atoms. The van der Waals surface area contributed by atoms with Crippen molar-refractivity contribution in [1.82, 2.24) is 0 Å². The van der Waals surface area contributed by atoms with Gasteiger partial charge in [-0.3, -0.25) is 9.13 Å². The first kappa shape index (κ1) is 21.3. The van der Waals surface area contributed by atoms with Crippen LogP contribution in [0.25, 0.3) is 0 Å². The first-order valence-electron chi connectivity index (χ1n) is 7.71. The van der Waals surface area contributed by atoms with E-state index in [1.165, 1.54) is 0 Å². The molecule has 0 aliphatic rings. The predicted octanol–water partition coefficient (Wildman–Crippen LogP) is 5.04. The van der Waals surface area contributed by atoms with Crippen LogP contribution < -0.4 is 0 Å². The Kier molecular flexibility index (Phi) is 12.0. The third-order valence-corrected chi connectivity index (χ3v) is 7.39. The third-order valence-electron chi connectivity index (χ3n) is 2.31. The van der Waals surface area contributed by atoms with Crippen LogP contribution in [0.5, 0.6) is 0 Å². The van der Waals surface area contributed by atoms with Gasteiger partial charge in [-0.25, -0.2) is 0 Å². The average molecular weight is 344 g/mol. The van der Waals surface area contributed by atoms with Crippen LogP contribution in [0.2, 0.25) is 0 Å². The van der Waals surface area contributed by atoms with Gasteiger partial charge in [0.15, 0.2) is 5.90 Å². The molecule has 0 aliphatic carbocycles. The summed E-state index contributed by atoms with van der Waals surface area (Å²) in [6, 6.07) is 0. The van der Waals surface area contributed by atoms with E-state index in [-0.39, 0.29) is 5.90 Å². The quantitative estimate of drug-likeness (QED) is 0.411. The Morgan fingerprint density at radius 2 is 0.810 bits per heavy atom. The summed E-state index contributed by atoms with van der Waals surface area (Å²) >= 11 is 0. The first-order chi connectivity index (χ1) is 9.95. The lowest BCUT2D eigenvalue weighted by molar-refractivity contribution is 0.191. The molecule has 0 atom stereocenters. The molecule has 0 rings (SSSR count). The number of hydrogen-bond donors (Lipinski definition) is 0. The molecule has 21 heavy (non-hydrogen) atoms. The molecule has 0 aromatic rings. The van der Waals surface area contributed by atoms with Crippen LogP contribution >= 0.6 is 15.2 Å². The van der Waals surface area contributed by atoms with E-state index in [2.05, 4.69) is 0 Å². The van der Waals surface area contributed by atoms with Crippen LogP contribution in [0.1, 0.15) is 53.4 Å². The Balaban J connectivity index is 4.90. The molecular weight excluding hydrogens is 314 g/mol. The van der Waals surface area contributed by atoms with Gasteiger partial charge in [0.1, 0.15) is 0 Å². The zero-order valence-electron chi connectivity index (χ0n) is 13.7. The smallest absolute Gasteiger partial charge is 0.308 e. The third kappa shape index (κ3) is 9.83. The van der Waals surface area contributed by atoms with Crippen molar-refractivity contribution in [2.45, 2.75) is 53.4 Å². The van der Waals surface area contributed by atoms with Crippen molar-refractivity contribution >= 4 is 15.2 Å². The first-order valence-corrected chi connectivity index (χ1v) is 11.2. The van der Waals surface area contributed by atoms with Crippen LogP contribution in [0.15, 0.2) is 0 Å². The predicted molar refractivity (Wildman–Crippen MR) is 85.1 cm³/mol. The second-order valence-electron chi connectivity index (χ2n) is 4.70. The van der Waals surface area contributed by atoms with Gasteiger partial charge in [-0.15, -0.1) is 0 Å². The monoisotopic (exact) mass is 344 g/mol. The molecule has 0 bridgehead atoms. The average Bonchev–Trinajstić information content (AvgIpc) is 2.47. The van der Waals surface area contributed by atoms with Crippen LogP contribution in [0.4, 0.5) is 0 Å². The van der Waals surface area contributed by atoms with Gasteiger partial charge in [-0.1, -0.05) is 27.7 Å². The Hall–Kier alpha value is 0.300. The maximum absolute atomic E-state index is 12.7. The lowest BCUT2D eigenvalue weighted by Crippen LogP contribution is -2.07. The highest BCUT2D eigenvalue weighted by molar-refractivity contribution is 7.71. The lowest BCUT2D eigenvalue weighted by Gasteiger charge is -2.23. The summed E-state index contributed by atoms with van der Waals surface area (Å²) in [4.78, 5) is 0. The normalized spacial score (nSPS) is 12.8. The van der Waals surface area contributed by atoms with Crippen molar-refractivity contribution in [2.24, 2.45) is 0 Å². The van der Waals surface area contributed by atoms with Crippen LogP contribution in [0.3, 0.4) is 0 Å². The molecule has 0 fully saturated rings. The maximum Gasteiger partial charge on any atom is 0.342 e. The van der Waals surface area contributed by atoms with E-state index < -0.39 is 15.2 Å². The molecule has 6 nitrogen and oxygen atoms in total. The van der Waals surface area contributed by atoms with Gasteiger partial charge in [-0.05, 0) is 25.7 Å². The van der Waals surface area contributed by atoms with Gasteiger partial charge in [0, 0.05) is 0 Å². The topological polar surface area (TPSA) is 71.1 Å². The summed E-state index contributed by atoms with van der Waals surface area (Å²) in [5, 5.41) is 0. The minimum absolute atomic E-state index is 0.294. The molecule has 0 N–H and O–H groups in total. The number of hydrogen-bond acceptors (Lipinski definition) is 6. The zero-order chi connectivity index (χ0) is 16.2. The van der Waals surface area contributed by atoms with Crippen molar-refractivity contribution in [2.75, 3.05) is 32.3 Å². The van der Waals surface area contributed by atoms with Crippen molar-refractivity contribution < 1.29 is 27.2 Å². The van der Waals surface area contributed by atoms with Crippen molar-refractivity contribution in [1.29, 1.82) is 0 Å². The standard InChI is InChI=1S/C13H30O6P2/c1-5-9-16-20(14,17-10-6-2)13-21(15,18-11-7-3)19-12-8-4/h5-13H2,1-4H3. The molecule has 0 unspecified atom stereocenters. The van der Waals surface area contributed by atoms with Crippen molar-refractivity contribution in [3.05, 3.63) is 0 Å². The molecule has 8 heteroatoms. The minimum atomic E-state index is -3.47. The molecule has 0 saturated carbocycles. The summed E-state index contributed by atoms with van der Waals surface area (Å²) in [7, 11) is -6.93. The lowest BCUT2D eigenvalue weighted by atomic mass is 10.5. The van der Waals surface area contributed by atoms with Crippen LogP contribution in [-0.2, 0) is 27.2 Å². The second kappa shape index (κ2) is 11.8. The fraction of sp³-hybridized carbons (Fsp3) is 1.00. The summed E-state index contributed by atoms with van der Waals surface area (Å²) in [5.41, 5.74) is 0. The fourth-order valence-corrected chi connectivity index (χ4v) is 6.37. The summed E-state index contributed by atoms with van der Waals surface area (Å²) in [5.74, 6) is -0.319. The molecule has 0 heterocycles. The van der Waals surface area contributed by atoms with E-state index in [1.807, 2.05) is 27.7 Å². The maximum atomic E-state index is 12.7. The molecule has 0 radical (unpaired) electrons. The molecule has 128 valence electrons. The fourth-order valence-electron chi connectivity index (χ4n) is 1.37. The Morgan fingerprint density at radius 1 is 0.571 bits per heavy atom. The summed E-state index contributed by atoms with van der Waals surface area (Å²) in [6.07, 6.45) is 2.82. The SMILES string of the molecule is CCCOP(=O)(CP(=O)(OCCC)OCCC)OCCC. The Bertz CT molecular complexity index is 292. The largest absolute Gasteiger partial charge is 0.342 e. The molecule has 0 saturated heterocycles. The van der Waals surface area contributed by atoms with E-state index >= 15 is 0 Å². The molecule has 0 aliphatic heterocycles. The van der Waals surface area contributed by atoms with E-state index in [0.29, 0.717) is 52.1 Å². The van der Waals surface area contributed by atoms with Gasteiger partial charge >= 0.3 is 15.2 Å². The van der Waals surface area contributed by atoms with Gasteiger partial charge in [-0.2, -0.15) is 0 Å². The van der Waals surface area contributed by atoms with E-state index in [1.54, 1.807) is 0 Å². The second-order valence-corrected chi connectivity index (χ2v) is 9.30. The number of rotatable bonds is 14. The van der Waals surface area contributed by atoms with Crippen LogP contribution in [0, 0.1) is 0 Å². The summed E-state index contributed by atoms with van der Waals surface area (Å²) in [6.45, 7) is 8.81. The van der Waals surface area contributed by atoms with Gasteiger partial charge in [0.2, 0.25) is 0 Å². The highest BCUT2D eigenvalue weighted by Gasteiger charge is 2.38. The Morgan fingerprint density at radius 3 is 1.00 bits per heavy atom. The van der Waals surface area contributed by atoms with Gasteiger partial charge < -0.3 is 18.1 Å². The zero-order valence-corrected chi connectivity index (χ0v) is 15.5. The summed E-state index contributed by atoms with van der Waals surface area (Å²) < 4.78 is 46.7. The molecular formula is C13H30O6P2. The van der Waals surface area contributed by atoms with E-state index in [9.17, 15) is 9.13 Å². The molecule has 0 amide bonds. The van der Waals surface area contributed by atoms with Gasteiger partial charge in [0.05, 0.1) is 26.4 Å². The van der Waals surface area contributed by atoms with Gasteiger partial charge in [0.25, 0.3) is 0 Å². The molecule has 0 aromatic heterocycles. The highest BCUT2D eigenvalue weighted by atomic mass is 31.2. The minimum Gasteiger partial charge on any atom is -0.308 e. The molecule has 0 aromatic carbocycles. The highest BCUT2D eigenvalue weighted by Crippen LogP contribution is 2.64. The van der Waals surface area contributed by atoms with Crippen LogP contribution in [-0.4, -0.2) is 32.3 Å². The Labute approximate surface area is 128 Å². The van der Waals surface area contributed by atoms with Crippen molar-refractivity contribution in [3.63, 3.8) is 0 Å². The van der Waals surface area contributed by atoms with Crippen molar-refractivity contribution in [3.8, 4) is 0 Å².